The Hall–Kier alpha value is -2.61. The van der Waals surface area contributed by atoms with Crippen molar-refractivity contribution in [1.82, 2.24) is 10.2 Å². The minimum Gasteiger partial charge on any atom is -0.486 e. The molecule has 24 heavy (non-hydrogen) atoms. The van der Waals surface area contributed by atoms with Crippen LogP contribution in [0.1, 0.15) is 11.7 Å². The second-order valence-electron chi connectivity index (χ2n) is 4.76. The number of halogens is 1. The summed E-state index contributed by atoms with van der Waals surface area (Å²) in [6.45, 7) is 0.269. The number of rotatable bonds is 6. The van der Waals surface area contributed by atoms with Gasteiger partial charge in [-0.05, 0) is 36.4 Å². The molecule has 1 aromatic carbocycles. The van der Waals surface area contributed by atoms with E-state index in [4.69, 9.17) is 13.6 Å². The standard InChI is InChI=1S/C16H13BrN2O5/c1-21-15(20)8-14-18-19-16(24-14)13-7-6-12(23-13)9-22-11-4-2-10(17)3-5-11/h2-7H,8-9H2,1H3. The molecule has 0 radical (unpaired) electrons. The lowest BCUT2D eigenvalue weighted by atomic mass is 10.3. The molecule has 7 nitrogen and oxygen atoms in total. The molecule has 3 rings (SSSR count). The highest BCUT2D eigenvalue weighted by Crippen LogP contribution is 2.23. The smallest absolute Gasteiger partial charge is 0.315 e. The fraction of sp³-hybridized carbons (Fsp3) is 0.188. The van der Waals surface area contributed by atoms with Gasteiger partial charge in [0.1, 0.15) is 24.5 Å². The van der Waals surface area contributed by atoms with Gasteiger partial charge in [0.15, 0.2) is 5.76 Å². The van der Waals surface area contributed by atoms with Crippen LogP contribution < -0.4 is 4.74 Å². The third-order valence-corrected chi connectivity index (χ3v) is 3.59. The molecule has 0 amide bonds. The van der Waals surface area contributed by atoms with Crippen LogP contribution in [0.5, 0.6) is 5.75 Å². The van der Waals surface area contributed by atoms with Crippen molar-refractivity contribution < 1.29 is 23.1 Å². The van der Waals surface area contributed by atoms with Gasteiger partial charge in [0.25, 0.3) is 5.89 Å². The first-order valence-electron chi connectivity index (χ1n) is 7.00. The van der Waals surface area contributed by atoms with Crippen LogP contribution in [0.4, 0.5) is 0 Å². The van der Waals surface area contributed by atoms with E-state index in [9.17, 15) is 4.79 Å². The van der Waals surface area contributed by atoms with Gasteiger partial charge >= 0.3 is 5.97 Å². The van der Waals surface area contributed by atoms with Gasteiger partial charge in [-0.3, -0.25) is 4.79 Å². The number of ether oxygens (including phenoxy) is 2. The summed E-state index contributed by atoms with van der Waals surface area (Å²) in [5.41, 5.74) is 0. The van der Waals surface area contributed by atoms with E-state index in [1.54, 1.807) is 12.1 Å². The summed E-state index contributed by atoms with van der Waals surface area (Å²) in [7, 11) is 1.30. The average Bonchev–Trinajstić information content (AvgIpc) is 3.23. The molecule has 0 aliphatic rings. The van der Waals surface area contributed by atoms with E-state index in [1.165, 1.54) is 7.11 Å². The molecule has 0 bridgehead atoms. The molecule has 124 valence electrons. The number of aromatic nitrogens is 2. The van der Waals surface area contributed by atoms with Crippen LogP contribution >= 0.6 is 15.9 Å². The van der Waals surface area contributed by atoms with Gasteiger partial charge in [0, 0.05) is 4.47 Å². The predicted molar refractivity (Wildman–Crippen MR) is 86.2 cm³/mol. The maximum atomic E-state index is 11.2. The fourth-order valence-electron chi connectivity index (χ4n) is 1.88. The Balaban J connectivity index is 1.62. The Labute approximate surface area is 145 Å². The van der Waals surface area contributed by atoms with Gasteiger partial charge in [0.2, 0.25) is 5.89 Å². The zero-order valence-electron chi connectivity index (χ0n) is 12.7. The topological polar surface area (TPSA) is 87.6 Å². The van der Waals surface area contributed by atoms with Gasteiger partial charge in [-0.1, -0.05) is 15.9 Å². The van der Waals surface area contributed by atoms with Crippen molar-refractivity contribution in [2.45, 2.75) is 13.0 Å². The van der Waals surface area contributed by atoms with Gasteiger partial charge in [0.05, 0.1) is 7.11 Å². The van der Waals surface area contributed by atoms with E-state index in [0.717, 1.165) is 10.2 Å². The number of carbonyl (C=O) groups excluding carboxylic acids is 1. The van der Waals surface area contributed by atoms with Crippen LogP contribution in [-0.4, -0.2) is 23.3 Å². The molecule has 0 spiro atoms. The summed E-state index contributed by atoms with van der Waals surface area (Å²) < 4.78 is 22.1. The first-order chi connectivity index (χ1) is 11.6. The van der Waals surface area contributed by atoms with Gasteiger partial charge in [-0.2, -0.15) is 0 Å². The van der Waals surface area contributed by atoms with Crippen molar-refractivity contribution in [3.63, 3.8) is 0 Å². The number of nitrogens with zero attached hydrogens (tertiary/aromatic N) is 2. The molecule has 0 aliphatic carbocycles. The number of hydrogen-bond acceptors (Lipinski definition) is 7. The number of carbonyl (C=O) groups is 1. The summed E-state index contributed by atoms with van der Waals surface area (Å²) in [5, 5.41) is 7.63. The molecule has 2 aromatic heterocycles. The summed E-state index contributed by atoms with van der Waals surface area (Å²) >= 11 is 3.37. The lowest BCUT2D eigenvalue weighted by Crippen LogP contribution is -2.04. The molecule has 0 saturated heterocycles. The minimum atomic E-state index is -0.451. The van der Waals surface area contributed by atoms with E-state index < -0.39 is 5.97 Å². The molecular weight excluding hydrogens is 380 g/mol. The third kappa shape index (κ3) is 4.02. The lowest BCUT2D eigenvalue weighted by molar-refractivity contribution is -0.140. The van der Waals surface area contributed by atoms with E-state index in [-0.39, 0.29) is 24.8 Å². The maximum Gasteiger partial charge on any atom is 0.315 e. The Bertz CT molecular complexity index is 825. The van der Waals surface area contributed by atoms with E-state index in [1.807, 2.05) is 24.3 Å². The Morgan fingerprint density at radius 3 is 2.67 bits per heavy atom. The predicted octanol–water partition coefficient (Wildman–Crippen LogP) is 3.39. The molecule has 0 saturated carbocycles. The molecule has 8 heteroatoms. The lowest BCUT2D eigenvalue weighted by Gasteiger charge is -2.03. The highest BCUT2D eigenvalue weighted by Gasteiger charge is 2.15. The van der Waals surface area contributed by atoms with Crippen molar-refractivity contribution in [2.24, 2.45) is 0 Å². The first-order valence-corrected chi connectivity index (χ1v) is 7.80. The zero-order valence-corrected chi connectivity index (χ0v) is 14.3. The largest absolute Gasteiger partial charge is 0.486 e. The van der Waals surface area contributed by atoms with Crippen molar-refractivity contribution in [2.75, 3.05) is 7.11 Å². The third-order valence-electron chi connectivity index (χ3n) is 3.06. The van der Waals surface area contributed by atoms with Crippen LogP contribution in [0.15, 0.2) is 49.7 Å². The summed E-state index contributed by atoms with van der Waals surface area (Å²) in [6, 6.07) is 11.0. The van der Waals surface area contributed by atoms with Crippen LogP contribution in [-0.2, 0) is 22.6 Å². The van der Waals surface area contributed by atoms with E-state index in [2.05, 4.69) is 30.9 Å². The van der Waals surface area contributed by atoms with Gasteiger partial charge < -0.3 is 18.3 Å². The molecule has 0 atom stereocenters. The SMILES string of the molecule is COC(=O)Cc1nnc(-c2ccc(COc3ccc(Br)cc3)o2)o1. The Kier molecular flexibility index (Phi) is 4.95. The van der Waals surface area contributed by atoms with Crippen LogP contribution in [0.25, 0.3) is 11.7 Å². The number of methoxy groups -OCH3 is 1. The van der Waals surface area contributed by atoms with Crippen LogP contribution in [0, 0.1) is 0 Å². The summed E-state index contributed by atoms with van der Waals surface area (Å²) in [4.78, 5) is 11.2. The summed E-state index contributed by atoms with van der Waals surface area (Å²) in [6.07, 6.45) is -0.0796. The van der Waals surface area contributed by atoms with Crippen molar-refractivity contribution >= 4 is 21.9 Å². The van der Waals surface area contributed by atoms with Crippen molar-refractivity contribution in [3.05, 3.63) is 52.5 Å². The molecule has 0 unspecified atom stereocenters. The molecule has 0 N–H and O–H groups in total. The second-order valence-corrected chi connectivity index (χ2v) is 5.68. The number of esters is 1. The maximum absolute atomic E-state index is 11.2. The van der Waals surface area contributed by atoms with Crippen LogP contribution in [0.3, 0.4) is 0 Å². The number of hydrogen-bond donors (Lipinski definition) is 0. The van der Waals surface area contributed by atoms with Crippen molar-refractivity contribution in [1.29, 1.82) is 0 Å². The van der Waals surface area contributed by atoms with Crippen molar-refractivity contribution in [3.8, 4) is 17.4 Å². The highest BCUT2D eigenvalue weighted by atomic mass is 79.9. The van der Waals surface area contributed by atoms with E-state index in [0.29, 0.717) is 11.5 Å². The normalized spacial score (nSPS) is 10.6. The fourth-order valence-corrected chi connectivity index (χ4v) is 2.14. The molecule has 0 aliphatic heterocycles. The summed E-state index contributed by atoms with van der Waals surface area (Å²) in [5.74, 6) is 1.67. The van der Waals surface area contributed by atoms with E-state index >= 15 is 0 Å². The van der Waals surface area contributed by atoms with Gasteiger partial charge in [-0.15, -0.1) is 10.2 Å². The van der Waals surface area contributed by atoms with Crippen LogP contribution in [0.2, 0.25) is 0 Å². The Morgan fingerprint density at radius 1 is 1.12 bits per heavy atom. The quantitative estimate of drug-likeness (QED) is 0.594. The molecule has 2 heterocycles. The van der Waals surface area contributed by atoms with Gasteiger partial charge in [-0.25, -0.2) is 0 Å². The molecule has 3 aromatic rings. The number of benzene rings is 1. The highest BCUT2D eigenvalue weighted by molar-refractivity contribution is 9.10. The first kappa shape index (κ1) is 16.3. The average molecular weight is 393 g/mol. The molecule has 0 fully saturated rings. The minimum absolute atomic E-state index is 0.0796. The zero-order chi connectivity index (χ0) is 16.9. The second kappa shape index (κ2) is 7.31. The Morgan fingerprint density at radius 2 is 1.92 bits per heavy atom. The molecular formula is C16H13BrN2O5. The number of furan rings is 1. The monoisotopic (exact) mass is 392 g/mol.